The normalized spacial score (nSPS) is 11.1. The molecule has 2 heterocycles. The first-order valence-electron chi connectivity index (χ1n) is 7.46. The predicted molar refractivity (Wildman–Crippen MR) is 84.9 cm³/mol. The second-order valence-electron chi connectivity index (χ2n) is 5.85. The zero-order valence-corrected chi connectivity index (χ0v) is 13.9. The lowest BCUT2D eigenvalue weighted by Crippen LogP contribution is -2.10. The van der Waals surface area contributed by atoms with E-state index in [1.54, 1.807) is 6.07 Å². The largest absolute Gasteiger partial charge is 0.463 e. The van der Waals surface area contributed by atoms with Crippen LogP contribution >= 0.6 is 0 Å². The van der Waals surface area contributed by atoms with E-state index in [9.17, 15) is 9.59 Å². The van der Waals surface area contributed by atoms with Gasteiger partial charge in [-0.2, -0.15) is 0 Å². The number of anilines is 1. The lowest BCUT2D eigenvalue weighted by atomic mass is 9.98. The van der Waals surface area contributed by atoms with E-state index in [4.69, 9.17) is 8.83 Å². The highest BCUT2D eigenvalue weighted by atomic mass is 16.5. The number of hydrogen-bond donors (Lipinski definition) is 1. The summed E-state index contributed by atoms with van der Waals surface area (Å²) in [5.41, 5.74) is 1.01. The van der Waals surface area contributed by atoms with Crippen molar-refractivity contribution in [1.82, 2.24) is 0 Å². The van der Waals surface area contributed by atoms with Gasteiger partial charge >= 0.3 is 5.97 Å². The zero-order chi connectivity index (χ0) is 17.1. The zero-order valence-electron chi connectivity index (χ0n) is 13.9. The molecule has 0 spiro atoms. The van der Waals surface area contributed by atoms with E-state index in [-0.39, 0.29) is 29.2 Å². The highest BCUT2D eigenvalue weighted by molar-refractivity contribution is 6.02. The Bertz CT molecular complexity index is 683. The molecule has 2 aromatic rings. The lowest BCUT2D eigenvalue weighted by molar-refractivity contribution is 0.0565. The molecule has 0 saturated heterocycles. The minimum atomic E-state index is -0.604. The van der Waals surface area contributed by atoms with E-state index in [2.05, 4.69) is 10.1 Å². The van der Waals surface area contributed by atoms with Crippen molar-refractivity contribution in [2.45, 2.75) is 39.5 Å². The molecule has 1 amide bonds. The molecule has 0 aliphatic heterocycles. The Labute approximate surface area is 134 Å². The van der Waals surface area contributed by atoms with Gasteiger partial charge in [0.25, 0.3) is 5.91 Å². The maximum Gasteiger partial charge on any atom is 0.374 e. The number of hydrogen-bond acceptors (Lipinski definition) is 5. The highest BCUT2D eigenvalue weighted by Gasteiger charge is 2.21. The third kappa shape index (κ3) is 3.64. The van der Waals surface area contributed by atoms with Gasteiger partial charge in [0.1, 0.15) is 5.76 Å². The van der Waals surface area contributed by atoms with Gasteiger partial charge in [0.2, 0.25) is 11.6 Å². The number of methoxy groups -OCH3 is 1. The van der Waals surface area contributed by atoms with Gasteiger partial charge in [0.15, 0.2) is 5.76 Å². The Hall–Kier alpha value is -2.50. The summed E-state index contributed by atoms with van der Waals surface area (Å²) in [6.45, 7) is 8.13. The molecule has 2 aromatic heterocycles. The van der Waals surface area contributed by atoms with Gasteiger partial charge in [-0.1, -0.05) is 27.7 Å². The van der Waals surface area contributed by atoms with Crippen LogP contribution in [0.2, 0.25) is 0 Å². The van der Waals surface area contributed by atoms with Crippen molar-refractivity contribution in [3.63, 3.8) is 0 Å². The molecular formula is C17H21NO5. The number of carbonyl (C=O) groups is 2. The molecule has 0 aromatic carbocycles. The fraction of sp³-hybridized carbons (Fsp3) is 0.412. The third-order valence-electron chi connectivity index (χ3n) is 3.39. The summed E-state index contributed by atoms with van der Waals surface area (Å²) in [6, 6.07) is 4.67. The third-order valence-corrected chi connectivity index (χ3v) is 3.39. The molecule has 0 aliphatic carbocycles. The summed E-state index contributed by atoms with van der Waals surface area (Å²) in [4.78, 5) is 23.6. The maximum absolute atomic E-state index is 12.3. The van der Waals surface area contributed by atoms with Crippen LogP contribution in [0.1, 0.15) is 72.0 Å². The van der Waals surface area contributed by atoms with Gasteiger partial charge in [0.05, 0.1) is 7.11 Å². The van der Waals surface area contributed by atoms with E-state index >= 15 is 0 Å². The molecule has 124 valence electrons. The summed E-state index contributed by atoms with van der Waals surface area (Å²) in [7, 11) is 1.26. The SMILES string of the molecule is COC(=O)c1ccc(NC(=O)c2cc(C(C)C)c(C(C)C)o2)o1. The molecule has 0 atom stereocenters. The molecular weight excluding hydrogens is 298 g/mol. The van der Waals surface area contributed by atoms with Crippen LogP contribution in [0.4, 0.5) is 5.88 Å². The smallest absolute Gasteiger partial charge is 0.374 e. The lowest BCUT2D eigenvalue weighted by Gasteiger charge is -2.07. The number of furan rings is 2. The van der Waals surface area contributed by atoms with Crippen LogP contribution in [-0.4, -0.2) is 19.0 Å². The van der Waals surface area contributed by atoms with Gasteiger partial charge < -0.3 is 13.6 Å². The average Bonchev–Trinajstić information content (AvgIpc) is 3.13. The number of amides is 1. The average molecular weight is 319 g/mol. The Morgan fingerprint density at radius 2 is 1.74 bits per heavy atom. The second kappa shape index (κ2) is 6.73. The van der Waals surface area contributed by atoms with Crippen molar-refractivity contribution in [1.29, 1.82) is 0 Å². The van der Waals surface area contributed by atoms with E-state index in [1.165, 1.54) is 19.2 Å². The summed E-state index contributed by atoms with van der Waals surface area (Å²) >= 11 is 0. The van der Waals surface area contributed by atoms with E-state index in [0.29, 0.717) is 0 Å². The second-order valence-corrected chi connectivity index (χ2v) is 5.85. The molecule has 0 bridgehead atoms. The Morgan fingerprint density at radius 3 is 2.26 bits per heavy atom. The minimum Gasteiger partial charge on any atom is -0.463 e. The number of carbonyl (C=O) groups excluding carboxylic acids is 2. The molecule has 23 heavy (non-hydrogen) atoms. The van der Waals surface area contributed by atoms with Crippen molar-refractivity contribution >= 4 is 17.8 Å². The molecule has 0 unspecified atom stereocenters. The van der Waals surface area contributed by atoms with Crippen LogP contribution in [-0.2, 0) is 4.74 Å². The fourth-order valence-corrected chi connectivity index (χ4v) is 2.22. The van der Waals surface area contributed by atoms with Crippen LogP contribution in [0.5, 0.6) is 0 Å². The van der Waals surface area contributed by atoms with Crippen molar-refractivity contribution in [2.75, 3.05) is 12.4 Å². The van der Waals surface area contributed by atoms with Gasteiger partial charge in [0, 0.05) is 12.0 Å². The van der Waals surface area contributed by atoms with Crippen molar-refractivity contribution in [3.05, 3.63) is 41.0 Å². The van der Waals surface area contributed by atoms with Crippen LogP contribution in [0.15, 0.2) is 27.0 Å². The quantitative estimate of drug-likeness (QED) is 0.837. The van der Waals surface area contributed by atoms with Crippen LogP contribution in [0, 0.1) is 0 Å². The summed E-state index contributed by atoms with van der Waals surface area (Å²) in [5.74, 6) is 0.609. The van der Waals surface area contributed by atoms with Gasteiger partial charge in [-0.15, -0.1) is 0 Å². The van der Waals surface area contributed by atoms with Crippen LogP contribution < -0.4 is 5.32 Å². The maximum atomic E-state index is 12.3. The molecule has 6 nitrogen and oxygen atoms in total. The van der Waals surface area contributed by atoms with Gasteiger partial charge in [-0.25, -0.2) is 4.79 Å². The molecule has 2 rings (SSSR count). The molecule has 0 radical (unpaired) electrons. The minimum absolute atomic E-state index is 0.0213. The summed E-state index contributed by atoms with van der Waals surface area (Å²) in [5, 5.41) is 2.57. The summed E-state index contributed by atoms with van der Waals surface area (Å²) < 4.78 is 15.5. The number of rotatable bonds is 5. The van der Waals surface area contributed by atoms with Gasteiger partial charge in [-0.3, -0.25) is 10.1 Å². The molecule has 0 saturated carbocycles. The van der Waals surface area contributed by atoms with E-state index in [1.807, 2.05) is 27.7 Å². The summed E-state index contributed by atoms with van der Waals surface area (Å²) in [6.07, 6.45) is 0. The molecule has 1 N–H and O–H groups in total. The number of ether oxygens (including phenoxy) is 1. The Balaban J connectivity index is 2.19. The first kappa shape index (κ1) is 16.9. The Morgan fingerprint density at radius 1 is 1.04 bits per heavy atom. The first-order valence-corrected chi connectivity index (χ1v) is 7.46. The van der Waals surface area contributed by atoms with Gasteiger partial charge in [-0.05, 0) is 23.6 Å². The monoisotopic (exact) mass is 319 g/mol. The predicted octanol–water partition coefficient (Wildman–Crippen LogP) is 4.16. The standard InChI is InChI=1S/C17H21NO5/c1-9(2)11-8-13(23-15(11)10(3)4)16(19)18-14-7-6-12(22-14)17(20)21-5/h6-10H,1-5H3,(H,18,19). The molecule has 0 aliphatic rings. The molecule has 6 heteroatoms. The van der Waals surface area contributed by atoms with Crippen LogP contribution in [0.3, 0.4) is 0 Å². The fourth-order valence-electron chi connectivity index (χ4n) is 2.22. The number of esters is 1. The van der Waals surface area contributed by atoms with E-state index < -0.39 is 11.9 Å². The van der Waals surface area contributed by atoms with Crippen LogP contribution in [0.25, 0.3) is 0 Å². The molecule has 0 fully saturated rings. The topological polar surface area (TPSA) is 81.7 Å². The van der Waals surface area contributed by atoms with E-state index in [0.717, 1.165) is 11.3 Å². The first-order chi connectivity index (χ1) is 10.8. The van der Waals surface area contributed by atoms with Crippen molar-refractivity contribution in [3.8, 4) is 0 Å². The van der Waals surface area contributed by atoms with Crippen molar-refractivity contribution in [2.24, 2.45) is 0 Å². The highest BCUT2D eigenvalue weighted by Crippen LogP contribution is 2.30. The Kier molecular flexibility index (Phi) is 4.93. The van der Waals surface area contributed by atoms with Crippen molar-refractivity contribution < 1.29 is 23.2 Å². The number of nitrogens with one attached hydrogen (secondary N) is 1.